The van der Waals surface area contributed by atoms with Crippen LogP contribution in [0.15, 0.2) is 42.5 Å². The van der Waals surface area contributed by atoms with Crippen LogP contribution in [0.3, 0.4) is 0 Å². The summed E-state index contributed by atoms with van der Waals surface area (Å²) in [5.74, 6) is -2.09. The fourth-order valence-electron chi connectivity index (χ4n) is 2.80. The van der Waals surface area contributed by atoms with Crippen LogP contribution >= 0.6 is 0 Å². The zero-order valence-corrected chi connectivity index (χ0v) is 15.7. The lowest BCUT2D eigenvalue weighted by Crippen LogP contribution is -2.45. The maximum absolute atomic E-state index is 14.0. The number of hydrazine groups is 1. The number of nitrogens with one attached hydrogen (secondary N) is 4. The number of hydrogen-bond donors (Lipinski definition) is 4. The molecule has 9 heteroatoms. The highest BCUT2D eigenvalue weighted by molar-refractivity contribution is 7.93. The summed E-state index contributed by atoms with van der Waals surface area (Å²) in [6.07, 6.45) is 0. The van der Waals surface area contributed by atoms with E-state index in [2.05, 4.69) is 20.9 Å². The molecule has 27 heavy (non-hydrogen) atoms. The van der Waals surface area contributed by atoms with E-state index < -0.39 is 33.0 Å². The predicted octanol–water partition coefficient (Wildman–Crippen LogP) is 1.87. The number of rotatable bonds is 5. The van der Waals surface area contributed by atoms with Gasteiger partial charge in [-0.15, -0.1) is 0 Å². The monoisotopic (exact) mass is 392 g/mol. The molecule has 0 saturated carbocycles. The number of amides is 1. The van der Waals surface area contributed by atoms with Crippen LogP contribution in [0, 0.1) is 25.6 Å². The molecule has 0 spiro atoms. The summed E-state index contributed by atoms with van der Waals surface area (Å²) in [6.45, 7) is 3.73. The van der Waals surface area contributed by atoms with Gasteiger partial charge >= 0.3 is 0 Å². The Hall–Kier alpha value is -2.49. The van der Waals surface area contributed by atoms with E-state index in [1.165, 1.54) is 12.1 Å². The molecule has 0 bridgehead atoms. The van der Waals surface area contributed by atoms with Crippen LogP contribution < -0.4 is 20.9 Å². The number of aryl methyl sites for hydroxylation is 2. The highest BCUT2D eigenvalue weighted by Crippen LogP contribution is 2.21. The van der Waals surface area contributed by atoms with Gasteiger partial charge in [0.2, 0.25) is 5.91 Å². The predicted molar refractivity (Wildman–Crippen MR) is 102 cm³/mol. The molecule has 144 valence electrons. The Bertz CT molecular complexity index is 948. The number of carbonyl (C=O) groups is 1. The van der Waals surface area contributed by atoms with Crippen molar-refractivity contribution < 1.29 is 17.6 Å². The zero-order chi connectivity index (χ0) is 19.6. The second-order valence-electron chi connectivity index (χ2n) is 6.54. The second-order valence-corrected chi connectivity index (χ2v) is 8.34. The molecule has 4 N–H and O–H groups in total. The minimum atomic E-state index is -3.91. The smallest absolute Gasteiger partial charge is 0.250 e. The quantitative estimate of drug-likeness (QED) is 0.623. The van der Waals surface area contributed by atoms with Gasteiger partial charge in [0.25, 0.3) is 10.0 Å². The van der Waals surface area contributed by atoms with Crippen LogP contribution in [0.5, 0.6) is 0 Å². The lowest BCUT2D eigenvalue weighted by atomic mass is 10.1. The Labute approximate surface area is 157 Å². The molecule has 2 aromatic carbocycles. The van der Waals surface area contributed by atoms with Gasteiger partial charge in [-0.2, -0.15) is 0 Å². The van der Waals surface area contributed by atoms with Crippen molar-refractivity contribution in [2.75, 3.05) is 16.6 Å². The summed E-state index contributed by atoms with van der Waals surface area (Å²) in [5, 5.41) is 1.27. The van der Waals surface area contributed by atoms with Crippen molar-refractivity contribution in [2.45, 2.75) is 19.2 Å². The fraction of sp³-hybridized carbons (Fsp3) is 0.278. The SMILES string of the molecule is Cc1ccc(NS(=O)(=O)C2NNCC2C(=O)Nc2ccc(C)cc2F)cc1. The first kappa shape index (κ1) is 19.3. The standard InChI is InChI=1S/C18H21FN4O3S/c1-11-3-6-13(7-4-11)23-27(25,26)18-14(10-20-22-18)17(24)21-16-8-5-12(2)9-15(16)19/h3-9,14,18,20,22-23H,10H2,1-2H3,(H,21,24). The number of hydrogen-bond acceptors (Lipinski definition) is 5. The Morgan fingerprint density at radius 2 is 1.78 bits per heavy atom. The molecule has 1 amide bonds. The zero-order valence-electron chi connectivity index (χ0n) is 14.9. The highest BCUT2D eigenvalue weighted by Gasteiger charge is 2.42. The Morgan fingerprint density at radius 3 is 2.44 bits per heavy atom. The van der Waals surface area contributed by atoms with Crippen molar-refractivity contribution in [1.82, 2.24) is 10.9 Å². The van der Waals surface area contributed by atoms with Crippen molar-refractivity contribution in [1.29, 1.82) is 0 Å². The third-order valence-electron chi connectivity index (χ3n) is 4.30. The Morgan fingerprint density at radius 1 is 1.11 bits per heavy atom. The van der Waals surface area contributed by atoms with Crippen LogP contribution in [0.2, 0.25) is 0 Å². The topological polar surface area (TPSA) is 99.3 Å². The molecule has 2 unspecified atom stereocenters. The van der Waals surface area contributed by atoms with Gasteiger partial charge in [0.1, 0.15) is 5.82 Å². The van der Waals surface area contributed by atoms with Crippen molar-refractivity contribution in [3.63, 3.8) is 0 Å². The van der Waals surface area contributed by atoms with Gasteiger partial charge in [-0.1, -0.05) is 23.8 Å². The second kappa shape index (κ2) is 7.63. The van der Waals surface area contributed by atoms with Crippen molar-refractivity contribution >= 4 is 27.3 Å². The third-order valence-corrected chi connectivity index (χ3v) is 5.93. The molecule has 1 aliphatic heterocycles. The van der Waals surface area contributed by atoms with Crippen LogP contribution in [-0.4, -0.2) is 26.2 Å². The van der Waals surface area contributed by atoms with Gasteiger partial charge in [-0.25, -0.2) is 18.2 Å². The van der Waals surface area contributed by atoms with E-state index in [9.17, 15) is 17.6 Å². The van der Waals surface area contributed by atoms with Gasteiger partial charge in [-0.05, 0) is 43.7 Å². The molecular formula is C18H21FN4O3S. The average molecular weight is 392 g/mol. The van der Waals surface area contributed by atoms with E-state index in [1.54, 1.807) is 37.3 Å². The van der Waals surface area contributed by atoms with E-state index in [-0.39, 0.29) is 12.2 Å². The average Bonchev–Trinajstić information content (AvgIpc) is 3.10. The van der Waals surface area contributed by atoms with Crippen LogP contribution in [0.4, 0.5) is 15.8 Å². The van der Waals surface area contributed by atoms with Crippen LogP contribution in [0.25, 0.3) is 0 Å². The minimum Gasteiger partial charge on any atom is -0.323 e. The molecule has 0 aliphatic carbocycles. The molecule has 0 aromatic heterocycles. The summed E-state index contributed by atoms with van der Waals surface area (Å²) in [5.41, 5.74) is 7.44. The van der Waals surface area contributed by atoms with E-state index in [1.807, 2.05) is 6.92 Å². The molecular weight excluding hydrogens is 371 g/mol. The van der Waals surface area contributed by atoms with Gasteiger partial charge in [0.15, 0.2) is 5.37 Å². The molecule has 1 heterocycles. The van der Waals surface area contributed by atoms with Gasteiger partial charge in [-0.3, -0.25) is 14.9 Å². The molecule has 1 saturated heterocycles. The first-order chi connectivity index (χ1) is 12.8. The summed E-state index contributed by atoms with van der Waals surface area (Å²) >= 11 is 0. The number of carbonyl (C=O) groups excluding carboxylic acids is 1. The third kappa shape index (κ3) is 4.44. The van der Waals surface area contributed by atoms with Crippen molar-refractivity contribution in [2.24, 2.45) is 5.92 Å². The van der Waals surface area contributed by atoms with Gasteiger partial charge < -0.3 is 5.32 Å². The minimum absolute atomic E-state index is 0.0140. The first-order valence-electron chi connectivity index (χ1n) is 8.40. The van der Waals surface area contributed by atoms with E-state index in [4.69, 9.17) is 0 Å². The number of sulfonamides is 1. The molecule has 2 atom stereocenters. The summed E-state index contributed by atoms with van der Waals surface area (Å²) in [6, 6.07) is 11.3. The molecule has 1 fully saturated rings. The number of anilines is 2. The summed E-state index contributed by atoms with van der Waals surface area (Å²) in [4.78, 5) is 12.6. The molecule has 2 aromatic rings. The normalized spacial score (nSPS) is 19.7. The lowest BCUT2D eigenvalue weighted by Gasteiger charge is -2.19. The summed E-state index contributed by atoms with van der Waals surface area (Å²) in [7, 11) is -3.91. The van der Waals surface area contributed by atoms with Crippen molar-refractivity contribution in [3.8, 4) is 0 Å². The van der Waals surface area contributed by atoms with Gasteiger partial charge in [0.05, 0.1) is 11.6 Å². The maximum Gasteiger partial charge on any atom is 0.250 e. The summed E-state index contributed by atoms with van der Waals surface area (Å²) < 4.78 is 41.8. The van der Waals surface area contributed by atoms with Crippen molar-refractivity contribution in [3.05, 3.63) is 59.4 Å². The van der Waals surface area contributed by atoms with E-state index >= 15 is 0 Å². The van der Waals surface area contributed by atoms with E-state index in [0.717, 1.165) is 11.1 Å². The van der Waals surface area contributed by atoms with Gasteiger partial charge in [0, 0.05) is 12.2 Å². The maximum atomic E-state index is 14.0. The van der Waals surface area contributed by atoms with E-state index in [0.29, 0.717) is 5.69 Å². The molecule has 7 nitrogen and oxygen atoms in total. The number of halogens is 1. The molecule has 1 aliphatic rings. The largest absolute Gasteiger partial charge is 0.323 e. The van der Waals surface area contributed by atoms with Crippen LogP contribution in [0.1, 0.15) is 11.1 Å². The van der Waals surface area contributed by atoms with Crippen LogP contribution in [-0.2, 0) is 14.8 Å². The number of benzene rings is 2. The molecule has 0 radical (unpaired) electrons. The lowest BCUT2D eigenvalue weighted by molar-refractivity contribution is -0.119. The Balaban J connectivity index is 1.75. The molecule has 3 rings (SSSR count). The highest BCUT2D eigenvalue weighted by atomic mass is 32.2. The first-order valence-corrected chi connectivity index (χ1v) is 9.94. The fourth-order valence-corrected chi connectivity index (χ4v) is 4.28. The Kier molecular flexibility index (Phi) is 5.45.